The Labute approximate surface area is 232 Å². The number of aliphatic imine (C=N–C) groups is 1. The van der Waals surface area contributed by atoms with Gasteiger partial charge in [-0.1, -0.05) is 12.1 Å². The maximum Gasteiger partial charge on any atom is 0.315 e. The van der Waals surface area contributed by atoms with Gasteiger partial charge < -0.3 is 19.9 Å². The predicted octanol–water partition coefficient (Wildman–Crippen LogP) is 1.34. The van der Waals surface area contributed by atoms with Crippen LogP contribution in [0.4, 0.5) is 14.5 Å². The van der Waals surface area contributed by atoms with Gasteiger partial charge in [-0.15, -0.1) is 0 Å². The summed E-state index contributed by atoms with van der Waals surface area (Å²) in [6, 6.07) is 7.80. The molecule has 2 aromatic rings. The Morgan fingerprint density at radius 3 is 2.52 bits per heavy atom. The van der Waals surface area contributed by atoms with E-state index in [0.29, 0.717) is 56.4 Å². The van der Waals surface area contributed by atoms with E-state index < -0.39 is 28.5 Å². The van der Waals surface area contributed by atoms with Crippen molar-refractivity contribution >= 4 is 40.1 Å². The number of hydrogen-bond acceptors (Lipinski definition) is 9. The van der Waals surface area contributed by atoms with E-state index in [2.05, 4.69) is 31.9 Å². The van der Waals surface area contributed by atoms with Crippen LogP contribution in [0.5, 0.6) is 0 Å². The van der Waals surface area contributed by atoms with E-state index in [4.69, 9.17) is 4.74 Å². The molecule has 2 aliphatic heterocycles. The summed E-state index contributed by atoms with van der Waals surface area (Å²) in [5.41, 5.74) is 3.67. The van der Waals surface area contributed by atoms with Gasteiger partial charge in [0.05, 0.1) is 36.1 Å². The maximum absolute atomic E-state index is 12.8. The van der Waals surface area contributed by atoms with Gasteiger partial charge in [-0.25, -0.2) is 8.42 Å². The first kappa shape index (κ1) is 29.6. The molecule has 3 heterocycles. The van der Waals surface area contributed by atoms with Gasteiger partial charge in [0.25, 0.3) is 5.91 Å². The molecule has 2 saturated heterocycles. The van der Waals surface area contributed by atoms with E-state index in [1.54, 1.807) is 18.5 Å². The third-order valence-corrected chi connectivity index (χ3v) is 8.09. The number of ether oxygens (including phenoxy) is 1. The molecule has 1 aromatic heterocycles. The number of anilines is 1. The second-order valence-corrected chi connectivity index (χ2v) is 11.5. The molecule has 0 aliphatic carbocycles. The molecule has 1 aromatic carbocycles. The lowest BCUT2D eigenvalue weighted by Crippen LogP contribution is -2.50. The molecule has 40 heavy (non-hydrogen) atoms. The van der Waals surface area contributed by atoms with Crippen LogP contribution in [0, 0.1) is 0 Å². The van der Waals surface area contributed by atoms with Gasteiger partial charge in [0.1, 0.15) is 0 Å². The average Bonchev–Trinajstić information content (AvgIpc) is 2.96. The van der Waals surface area contributed by atoms with Crippen molar-refractivity contribution in [3.8, 4) is 0 Å². The highest BCUT2D eigenvalue weighted by Crippen LogP contribution is 2.24. The summed E-state index contributed by atoms with van der Waals surface area (Å²) < 4.78 is 56.2. The zero-order valence-electron chi connectivity index (χ0n) is 22.2. The fourth-order valence-electron chi connectivity index (χ4n) is 4.64. The number of piperazine rings is 1. The van der Waals surface area contributed by atoms with Gasteiger partial charge in [-0.2, -0.15) is 13.1 Å². The number of benzene rings is 1. The molecule has 1 amide bonds. The van der Waals surface area contributed by atoms with Gasteiger partial charge >= 0.3 is 6.43 Å². The Morgan fingerprint density at radius 1 is 1.18 bits per heavy atom. The molecule has 0 bridgehead atoms. The molecule has 216 valence electrons. The van der Waals surface area contributed by atoms with Crippen LogP contribution in [0.1, 0.15) is 17.0 Å². The first-order valence-electron chi connectivity index (χ1n) is 12.8. The number of rotatable bonds is 10. The van der Waals surface area contributed by atoms with Crippen LogP contribution in [-0.2, 0) is 26.1 Å². The summed E-state index contributed by atoms with van der Waals surface area (Å²) in [6.45, 7) is 6.95. The van der Waals surface area contributed by atoms with Crippen molar-refractivity contribution in [2.45, 2.75) is 19.1 Å². The van der Waals surface area contributed by atoms with Crippen LogP contribution in [0.15, 0.2) is 41.7 Å². The van der Waals surface area contributed by atoms with Gasteiger partial charge in [0.2, 0.25) is 10.0 Å². The SMILES string of the molecule is C=N/C(=C\c1nccnc1CNC[C@@H]1CN(C(=O)C(F)F)CCO1)c1ccc(N2CCN(S(C)(=O)=O)CC2)cc1. The second-order valence-electron chi connectivity index (χ2n) is 9.48. The normalized spacial score (nSPS) is 19.2. The van der Waals surface area contributed by atoms with E-state index in [0.717, 1.165) is 16.2 Å². The highest BCUT2D eigenvalue weighted by atomic mass is 32.2. The van der Waals surface area contributed by atoms with Crippen LogP contribution in [0.2, 0.25) is 0 Å². The molecule has 0 saturated carbocycles. The number of alkyl halides is 2. The van der Waals surface area contributed by atoms with E-state index in [-0.39, 0.29) is 19.7 Å². The minimum Gasteiger partial charge on any atom is -0.373 e. The highest BCUT2D eigenvalue weighted by molar-refractivity contribution is 7.88. The summed E-state index contributed by atoms with van der Waals surface area (Å²) in [7, 11) is -3.19. The van der Waals surface area contributed by atoms with Crippen molar-refractivity contribution in [1.82, 2.24) is 24.5 Å². The number of hydrogen-bond donors (Lipinski definition) is 1. The lowest BCUT2D eigenvalue weighted by atomic mass is 10.1. The summed E-state index contributed by atoms with van der Waals surface area (Å²) >= 11 is 0. The monoisotopic (exact) mass is 577 g/mol. The molecule has 2 aliphatic rings. The Kier molecular flexibility index (Phi) is 9.90. The van der Waals surface area contributed by atoms with Gasteiger partial charge in [0, 0.05) is 76.0 Å². The van der Waals surface area contributed by atoms with Crippen LogP contribution in [-0.4, -0.2) is 111 Å². The zero-order valence-corrected chi connectivity index (χ0v) is 23.1. The summed E-state index contributed by atoms with van der Waals surface area (Å²) in [5.74, 6) is -1.18. The van der Waals surface area contributed by atoms with E-state index >= 15 is 0 Å². The van der Waals surface area contributed by atoms with Crippen LogP contribution in [0.3, 0.4) is 0 Å². The van der Waals surface area contributed by atoms with Crippen molar-refractivity contribution in [3.05, 3.63) is 53.6 Å². The summed E-state index contributed by atoms with van der Waals surface area (Å²) in [4.78, 5) is 27.9. The number of amides is 1. The predicted molar refractivity (Wildman–Crippen MR) is 149 cm³/mol. The maximum atomic E-state index is 12.8. The molecule has 1 atom stereocenters. The lowest BCUT2D eigenvalue weighted by Gasteiger charge is -2.34. The molecular weight excluding hydrogens is 544 g/mol. The van der Waals surface area contributed by atoms with Crippen molar-refractivity contribution in [2.24, 2.45) is 4.99 Å². The fraction of sp³-hybridized carbons (Fsp3) is 0.462. The quantitative estimate of drug-likeness (QED) is 0.420. The Balaban J connectivity index is 1.37. The van der Waals surface area contributed by atoms with Crippen LogP contribution >= 0.6 is 0 Å². The summed E-state index contributed by atoms with van der Waals surface area (Å²) in [6.07, 6.45) is 2.73. The third-order valence-electron chi connectivity index (χ3n) is 6.79. The number of nitrogens with zero attached hydrogens (tertiary/aromatic N) is 6. The number of sulfonamides is 1. The largest absolute Gasteiger partial charge is 0.373 e. The number of carbonyl (C=O) groups excluding carboxylic acids is 1. The lowest BCUT2D eigenvalue weighted by molar-refractivity contribution is -0.150. The summed E-state index contributed by atoms with van der Waals surface area (Å²) in [5, 5.41) is 3.21. The van der Waals surface area contributed by atoms with Gasteiger partial charge in [0.15, 0.2) is 0 Å². The van der Waals surface area contributed by atoms with Gasteiger partial charge in [-0.3, -0.25) is 19.8 Å². The Bertz CT molecular complexity index is 1320. The number of carbonyl (C=O) groups is 1. The minimum atomic E-state index is -3.19. The highest BCUT2D eigenvalue weighted by Gasteiger charge is 2.29. The van der Waals surface area contributed by atoms with Crippen molar-refractivity contribution < 1.29 is 26.7 Å². The van der Waals surface area contributed by atoms with Crippen LogP contribution in [0.25, 0.3) is 11.8 Å². The smallest absolute Gasteiger partial charge is 0.315 e. The second kappa shape index (κ2) is 13.4. The molecule has 4 rings (SSSR count). The van der Waals surface area contributed by atoms with Gasteiger partial charge in [-0.05, 0) is 24.9 Å². The zero-order chi connectivity index (χ0) is 28.7. The number of morpholine rings is 1. The van der Waals surface area contributed by atoms with Crippen molar-refractivity contribution in [2.75, 3.05) is 63.6 Å². The first-order valence-corrected chi connectivity index (χ1v) is 14.7. The van der Waals surface area contributed by atoms with Crippen molar-refractivity contribution in [3.63, 3.8) is 0 Å². The topological polar surface area (TPSA) is 120 Å². The van der Waals surface area contributed by atoms with E-state index in [1.807, 2.05) is 24.3 Å². The Morgan fingerprint density at radius 2 is 1.88 bits per heavy atom. The first-order chi connectivity index (χ1) is 19.2. The minimum absolute atomic E-state index is 0.0946. The molecule has 0 radical (unpaired) electrons. The van der Waals surface area contributed by atoms with Crippen LogP contribution < -0.4 is 10.2 Å². The van der Waals surface area contributed by atoms with E-state index in [1.165, 1.54) is 10.6 Å². The fourth-order valence-corrected chi connectivity index (χ4v) is 5.46. The molecule has 0 spiro atoms. The average molecular weight is 578 g/mol. The number of aromatic nitrogens is 2. The molecule has 1 N–H and O–H groups in total. The van der Waals surface area contributed by atoms with Crippen molar-refractivity contribution in [1.29, 1.82) is 0 Å². The Hall–Kier alpha value is -3.33. The molecule has 14 heteroatoms. The molecular formula is C26H33F2N7O4S. The number of nitrogens with one attached hydrogen (secondary N) is 1. The molecule has 0 unspecified atom stereocenters. The number of halogens is 2. The molecule has 2 fully saturated rings. The third kappa shape index (κ3) is 7.65. The van der Waals surface area contributed by atoms with E-state index in [9.17, 15) is 22.0 Å². The molecule has 11 nitrogen and oxygen atoms in total. The standard InChI is InChI=1S/C26H33F2N7O4S/c1-29-22(19-3-5-20(6-4-19)33-9-11-35(12-10-33)40(2,37)38)15-23-24(32-8-7-31-23)17-30-16-21-18-34(13-14-39-21)26(36)25(27)28/h3-8,15,21,25,30H,1,9-14,16-18H2,2H3/b22-15-/t21-/m1/s1.